The summed E-state index contributed by atoms with van der Waals surface area (Å²) in [6.45, 7) is 7.45. The lowest BCUT2D eigenvalue weighted by molar-refractivity contribution is -0.179. The predicted molar refractivity (Wildman–Crippen MR) is 105 cm³/mol. The molecule has 2 aliphatic heterocycles. The van der Waals surface area contributed by atoms with Gasteiger partial charge in [0, 0.05) is 11.7 Å². The summed E-state index contributed by atoms with van der Waals surface area (Å²) in [5.41, 5.74) is 0. The van der Waals surface area contributed by atoms with Gasteiger partial charge in [0.25, 0.3) is 5.91 Å². The zero-order valence-corrected chi connectivity index (χ0v) is 19.0. The molecule has 0 N–H and O–H groups in total. The monoisotopic (exact) mass is 549 g/mol. The van der Waals surface area contributed by atoms with Crippen LogP contribution in [0.3, 0.4) is 0 Å². The van der Waals surface area contributed by atoms with Crippen molar-refractivity contribution in [3.05, 3.63) is 0 Å². The highest BCUT2D eigenvalue weighted by Gasteiger charge is 2.70. The van der Waals surface area contributed by atoms with Crippen molar-refractivity contribution in [2.45, 2.75) is 65.3 Å². The van der Waals surface area contributed by atoms with Crippen LogP contribution in [0.2, 0.25) is 0 Å². The largest absolute Gasteiger partial charge is 0.511 e. The van der Waals surface area contributed by atoms with Gasteiger partial charge in [0.15, 0.2) is 2.33 Å². The van der Waals surface area contributed by atoms with E-state index in [4.69, 9.17) is 14.2 Å². The van der Waals surface area contributed by atoms with Gasteiger partial charge in [-0.05, 0) is 20.3 Å². The van der Waals surface area contributed by atoms with E-state index in [-0.39, 0.29) is 17.9 Å². The van der Waals surface area contributed by atoms with Gasteiger partial charge in [0.2, 0.25) is 6.29 Å². The second-order valence-corrected chi connectivity index (χ2v) is 12.6. The molecule has 2 saturated heterocycles. The van der Waals surface area contributed by atoms with Crippen LogP contribution in [0.4, 0.5) is 4.79 Å². The van der Waals surface area contributed by atoms with E-state index in [9.17, 15) is 14.4 Å². The number of hydrogen-bond acceptors (Lipinski definition) is 7. The van der Waals surface area contributed by atoms with Gasteiger partial charge >= 0.3 is 12.1 Å². The average Bonchev–Trinajstić information content (AvgIpc) is 2.77. The Morgan fingerprint density at radius 3 is 2.64 bits per heavy atom. The number of alkyl halides is 2. The van der Waals surface area contributed by atoms with Crippen molar-refractivity contribution in [1.82, 2.24) is 4.90 Å². The average molecular weight is 550 g/mol. The first-order chi connectivity index (χ1) is 11.5. The number of ether oxygens (including phenoxy) is 3. The Labute approximate surface area is 173 Å². The molecule has 1 amide bonds. The van der Waals surface area contributed by atoms with E-state index in [1.54, 1.807) is 0 Å². The van der Waals surface area contributed by atoms with Crippen LogP contribution in [-0.2, 0) is 23.8 Å². The van der Waals surface area contributed by atoms with Crippen molar-refractivity contribution < 1.29 is 28.6 Å². The number of β-lactam (4-membered cyclic amide) rings is 1. The van der Waals surface area contributed by atoms with E-state index in [1.165, 1.54) is 23.6 Å². The fourth-order valence-corrected chi connectivity index (χ4v) is 5.84. The number of rotatable bonds is 6. The van der Waals surface area contributed by atoms with E-state index >= 15 is 0 Å². The quantitative estimate of drug-likeness (QED) is 0.125. The Morgan fingerprint density at radius 2 is 2.04 bits per heavy atom. The lowest BCUT2D eigenvalue weighted by Crippen LogP contribution is -2.68. The van der Waals surface area contributed by atoms with Crippen LogP contribution in [0.1, 0.15) is 40.5 Å². The summed E-state index contributed by atoms with van der Waals surface area (Å²) in [5, 5.41) is -0.150. The highest BCUT2D eigenvalue weighted by molar-refractivity contribution is 14.1. The summed E-state index contributed by atoms with van der Waals surface area (Å²) in [6, 6.07) is -0.738. The summed E-state index contributed by atoms with van der Waals surface area (Å²) in [6.07, 6.45) is -0.340. The number of carbonyl (C=O) groups is 3. The molecule has 0 aliphatic carbocycles. The van der Waals surface area contributed by atoms with Crippen molar-refractivity contribution in [1.29, 1.82) is 0 Å². The normalized spacial score (nSPS) is 31.0. The van der Waals surface area contributed by atoms with Gasteiger partial charge in [-0.15, -0.1) is 11.8 Å². The highest BCUT2D eigenvalue weighted by Crippen LogP contribution is 2.60. The first-order valence-electron chi connectivity index (χ1n) is 7.94. The molecule has 0 aromatic carbocycles. The minimum atomic E-state index is -1.09. The Morgan fingerprint density at radius 1 is 1.40 bits per heavy atom. The Balaban J connectivity index is 1.94. The van der Waals surface area contributed by atoms with Crippen molar-refractivity contribution >= 4 is 68.3 Å². The number of nitrogens with zero attached hydrogens (tertiary/aromatic N) is 1. The lowest BCUT2D eigenvalue weighted by Gasteiger charge is -2.46. The van der Waals surface area contributed by atoms with Crippen LogP contribution in [0.15, 0.2) is 0 Å². The molecule has 7 nitrogen and oxygen atoms in total. The fraction of sp³-hybridized carbons (Fsp3) is 0.800. The zero-order valence-electron chi connectivity index (χ0n) is 14.4. The van der Waals surface area contributed by atoms with Gasteiger partial charge in [0.05, 0.1) is 6.61 Å². The van der Waals surface area contributed by atoms with E-state index in [1.807, 2.05) is 43.4 Å². The maximum Gasteiger partial charge on any atom is 0.511 e. The third-order valence-electron chi connectivity index (χ3n) is 3.92. The summed E-state index contributed by atoms with van der Waals surface area (Å²) in [4.78, 5) is 37.9. The van der Waals surface area contributed by atoms with E-state index in [0.717, 1.165) is 12.8 Å². The molecular weight excluding hydrogens is 529 g/mol. The zero-order chi connectivity index (χ0) is 19.0. The van der Waals surface area contributed by atoms with Gasteiger partial charge < -0.3 is 19.1 Å². The number of carbonyl (C=O) groups excluding carboxylic acids is 3. The third-order valence-corrected chi connectivity index (χ3v) is 8.10. The molecular formula is C15H21BrINO6S. The van der Waals surface area contributed by atoms with E-state index in [0.29, 0.717) is 0 Å². The van der Waals surface area contributed by atoms with E-state index < -0.39 is 31.5 Å². The second kappa shape index (κ2) is 7.79. The molecule has 2 fully saturated rings. The molecule has 2 rings (SSSR count). The maximum atomic E-state index is 12.6. The summed E-state index contributed by atoms with van der Waals surface area (Å²) >= 11 is 7.00. The van der Waals surface area contributed by atoms with Crippen molar-refractivity contribution in [3.63, 3.8) is 0 Å². The van der Waals surface area contributed by atoms with Crippen LogP contribution in [-0.4, -0.2) is 54.3 Å². The molecule has 2 unspecified atom stereocenters. The number of amides is 1. The fourth-order valence-electron chi connectivity index (χ4n) is 2.68. The molecule has 2 aliphatic rings. The Kier molecular flexibility index (Phi) is 6.57. The molecule has 0 aromatic heterocycles. The highest BCUT2D eigenvalue weighted by atomic mass is 127. The molecule has 4 atom stereocenters. The number of thioether (sulfide) groups is 1. The third kappa shape index (κ3) is 4.20. The Bertz CT molecular complexity index is 572. The number of hydrogen-bond donors (Lipinski definition) is 0. The van der Waals surface area contributed by atoms with E-state index in [2.05, 4.69) is 15.9 Å². The molecule has 0 bridgehead atoms. The molecule has 2 heterocycles. The van der Waals surface area contributed by atoms with Crippen molar-refractivity contribution in [2.75, 3.05) is 6.61 Å². The summed E-state index contributed by atoms with van der Waals surface area (Å²) in [5.74, 6) is -0.757. The van der Waals surface area contributed by atoms with Crippen LogP contribution >= 0.6 is 50.3 Å². The molecule has 10 heteroatoms. The predicted octanol–water partition coefficient (Wildman–Crippen LogP) is 3.42. The standard InChI is InChI=1S/C15H21BrINO6S/c1-5-6-7-22-13(21)24-8(2)23-10(19)9-14(3,4)25-12-15(16,17)11(20)18(9)12/h8-9,12H,5-7H2,1-4H3/t8?,9-,12+,15?/m0/s1. The van der Waals surface area contributed by atoms with Crippen molar-refractivity contribution in [3.8, 4) is 0 Å². The SMILES string of the molecule is CCCCOC(=O)OC(C)OC(=O)[C@@H]1N2C(=O)C(Br)(I)[C@H]2SC1(C)C. The number of fused-ring (bicyclic) bond motifs is 1. The number of halogens is 2. The topological polar surface area (TPSA) is 82.1 Å². The van der Waals surface area contributed by atoms with Crippen LogP contribution in [0.5, 0.6) is 0 Å². The van der Waals surface area contributed by atoms with Gasteiger partial charge in [-0.1, -0.05) is 51.9 Å². The smallest absolute Gasteiger partial charge is 0.434 e. The van der Waals surface area contributed by atoms with Crippen LogP contribution in [0, 0.1) is 0 Å². The molecule has 142 valence electrons. The minimum Gasteiger partial charge on any atom is -0.434 e. The van der Waals surface area contributed by atoms with Crippen molar-refractivity contribution in [2.24, 2.45) is 0 Å². The Hall–Kier alpha value is -0.230. The van der Waals surface area contributed by atoms with Crippen LogP contribution in [0.25, 0.3) is 0 Å². The lowest BCUT2D eigenvalue weighted by atomic mass is 9.98. The van der Waals surface area contributed by atoms with Crippen LogP contribution < -0.4 is 0 Å². The van der Waals surface area contributed by atoms with Gasteiger partial charge in [-0.3, -0.25) is 4.79 Å². The first-order valence-corrected chi connectivity index (χ1v) is 10.7. The molecule has 0 radical (unpaired) electrons. The molecule has 0 spiro atoms. The minimum absolute atomic E-state index is 0.150. The second-order valence-electron chi connectivity index (χ2n) is 6.39. The van der Waals surface area contributed by atoms with Gasteiger partial charge in [-0.2, -0.15) is 0 Å². The summed E-state index contributed by atoms with van der Waals surface area (Å²) in [7, 11) is 0. The van der Waals surface area contributed by atoms with Gasteiger partial charge in [0.1, 0.15) is 11.4 Å². The first kappa shape index (κ1) is 21.1. The molecule has 0 aromatic rings. The summed E-state index contributed by atoms with van der Waals surface area (Å²) < 4.78 is 13.8. The number of unbranched alkanes of at least 4 members (excludes halogenated alkanes) is 1. The molecule has 0 saturated carbocycles. The number of esters is 1. The maximum absolute atomic E-state index is 12.6. The molecule has 25 heavy (non-hydrogen) atoms. The van der Waals surface area contributed by atoms with Gasteiger partial charge in [-0.25, -0.2) is 9.59 Å².